The largest absolute Gasteiger partial charge is 0.495 e. The van der Waals surface area contributed by atoms with E-state index in [1.54, 1.807) is 26.4 Å². The molecule has 4 nitrogen and oxygen atoms in total. The van der Waals surface area contributed by atoms with Crippen molar-refractivity contribution in [3.8, 4) is 23.3 Å². The fourth-order valence-electron chi connectivity index (χ4n) is 1.99. The molecule has 0 N–H and O–H groups in total. The third-order valence-corrected chi connectivity index (χ3v) is 3.10. The second-order valence-electron chi connectivity index (χ2n) is 4.59. The highest BCUT2D eigenvalue weighted by Gasteiger charge is 2.07. The van der Waals surface area contributed by atoms with Gasteiger partial charge in [-0.2, -0.15) is 5.26 Å². The maximum atomic E-state index is 9.08. The van der Waals surface area contributed by atoms with Crippen LogP contribution in [0.3, 0.4) is 0 Å². The van der Waals surface area contributed by atoms with Gasteiger partial charge in [0, 0.05) is 0 Å². The van der Waals surface area contributed by atoms with Gasteiger partial charge in [0.05, 0.1) is 19.8 Å². The number of nitrogens with zero attached hydrogens (tertiary/aromatic N) is 1. The van der Waals surface area contributed by atoms with E-state index in [-0.39, 0.29) is 0 Å². The Morgan fingerprint density at radius 1 is 0.952 bits per heavy atom. The maximum absolute atomic E-state index is 9.08. The zero-order chi connectivity index (χ0) is 15.2. The molecular weight excluding hydrogens is 266 g/mol. The van der Waals surface area contributed by atoms with E-state index in [4.69, 9.17) is 19.5 Å². The Kier molecular flexibility index (Phi) is 4.68. The monoisotopic (exact) mass is 283 g/mol. The van der Waals surface area contributed by atoms with Crippen molar-refractivity contribution in [1.29, 1.82) is 5.26 Å². The highest BCUT2D eigenvalue weighted by molar-refractivity contribution is 5.46. The first kappa shape index (κ1) is 14.7. The summed E-state index contributed by atoms with van der Waals surface area (Å²) in [6.45, 7) is 2.35. The molecule has 2 aromatic rings. The van der Waals surface area contributed by atoms with Crippen LogP contribution in [0, 0.1) is 18.3 Å². The molecule has 0 aromatic heterocycles. The second kappa shape index (κ2) is 6.67. The van der Waals surface area contributed by atoms with Crippen molar-refractivity contribution in [3.05, 3.63) is 53.1 Å². The van der Waals surface area contributed by atoms with Crippen molar-refractivity contribution in [1.82, 2.24) is 0 Å². The summed E-state index contributed by atoms with van der Waals surface area (Å²) in [6.07, 6.45) is 0. The Hall–Kier alpha value is -2.67. The standard InChI is InChI=1S/C17H17NO3/c1-12-4-6-16(17(8-12)20-3)21-11-13-5-7-15(19-2)14(9-13)10-18/h4-9H,11H2,1-3H3. The zero-order valence-corrected chi connectivity index (χ0v) is 12.3. The molecule has 0 aliphatic heterocycles. The van der Waals surface area contributed by atoms with Crippen molar-refractivity contribution in [2.24, 2.45) is 0 Å². The van der Waals surface area contributed by atoms with Crippen LogP contribution in [0.4, 0.5) is 0 Å². The number of aryl methyl sites for hydroxylation is 1. The van der Waals surface area contributed by atoms with Crippen molar-refractivity contribution in [2.45, 2.75) is 13.5 Å². The molecule has 108 valence electrons. The van der Waals surface area contributed by atoms with Crippen LogP contribution in [0.15, 0.2) is 36.4 Å². The van der Waals surface area contributed by atoms with E-state index in [0.29, 0.717) is 29.4 Å². The lowest BCUT2D eigenvalue weighted by atomic mass is 10.1. The smallest absolute Gasteiger partial charge is 0.161 e. The SMILES string of the molecule is COc1ccc(COc2ccc(C)cc2OC)cc1C#N. The molecule has 4 heteroatoms. The van der Waals surface area contributed by atoms with Gasteiger partial charge in [-0.05, 0) is 42.3 Å². The van der Waals surface area contributed by atoms with Crippen molar-refractivity contribution >= 4 is 0 Å². The molecule has 0 saturated carbocycles. The van der Waals surface area contributed by atoms with Gasteiger partial charge in [0.25, 0.3) is 0 Å². The lowest BCUT2D eigenvalue weighted by Crippen LogP contribution is -1.99. The van der Waals surface area contributed by atoms with Crippen LogP contribution in [0.5, 0.6) is 17.2 Å². The molecule has 0 bridgehead atoms. The lowest BCUT2D eigenvalue weighted by Gasteiger charge is -2.12. The van der Waals surface area contributed by atoms with Crippen LogP contribution in [-0.4, -0.2) is 14.2 Å². The Balaban J connectivity index is 2.15. The van der Waals surface area contributed by atoms with Crippen LogP contribution < -0.4 is 14.2 Å². The van der Waals surface area contributed by atoms with Gasteiger partial charge < -0.3 is 14.2 Å². The average molecular weight is 283 g/mol. The molecule has 0 saturated heterocycles. The first-order chi connectivity index (χ1) is 10.2. The van der Waals surface area contributed by atoms with E-state index in [0.717, 1.165) is 11.1 Å². The Bertz CT molecular complexity index is 674. The molecule has 2 aromatic carbocycles. The maximum Gasteiger partial charge on any atom is 0.161 e. The van der Waals surface area contributed by atoms with E-state index < -0.39 is 0 Å². The molecule has 0 aliphatic carbocycles. The van der Waals surface area contributed by atoms with Gasteiger partial charge in [-0.15, -0.1) is 0 Å². The minimum absolute atomic E-state index is 0.359. The predicted octanol–water partition coefficient (Wildman–Crippen LogP) is 3.46. The summed E-state index contributed by atoms with van der Waals surface area (Å²) in [4.78, 5) is 0. The van der Waals surface area contributed by atoms with E-state index >= 15 is 0 Å². The first-order valence-electron chi connectivity index (χ1n) is 6.52. The van der Waals surface area contributed by atoms with Gasteiger partial charge in [-0.1, -0.05) is 12.1 Å². The highest BCUT2D eigenvalue weighted by atomic mass is 16.5. The lowest BCUT2D eigenvalue weighted by molar-refractivity contribution is 0.284. The molecule has 0 aliphatic rings. The van der Waals surface area contributed by atoms with Gasteiger partial charge in [0.2, 0.25) is 0 Å². The molecule has 0 fully saturated rings. The van der Waals surface area contributed by atoms with Gasteiger partial charge in [0.1, 0.15) is 18.4 Å². The Labute approximate surface area is 124 Å². The summed E-state index contributed by atoms with van der Waals surface area (Å²) in [5.74, 6) is 1.94. The van der Waals surface area contributed by atoms with E-state index in [1.165, 1.54) is 0 Å². The van der Waals surface area contributed by atoms with Crippen LogP contribution in [0.25, 0.3) is 0 Å². The molecule has 2 rings (SSSR count). The molecule has 0 heterocycles. The predicted molar refractivity (Wildman–Crippen MR) is 79.8 cm³/mol. The summed E-state index contributed by atoms with van der Waals surface area (Å²) >= 11 is 0. The number of benzene rings is 2. The zero-order valence-electron chi connectivity index (χ0n) is 12.3. The van der Waals surface area contributed by atoms with Crippen LogP contribution >= 0.6 is 0 Å². The van der Waals surface area contributed by atoms with Gasteiger partial charge in [-0.25, -0.2) is 0 Å². The van der Waals surface area contributed by atoms with Gasteiger partial charge in [-0.3, -0.25) is 0 Å². The van der Waals surface area contributed by atoms with Crippen molar-refractivity contribution in [2.75, 3.05) is 14.2 Å². The van der Waals surface area contributed by atoms with E-state index in [9.17, 15) is 0 Å². The summed E-state index contributed by atoms with van der Waals surface area (Å²) in [6, 6.07) is 13.3. The van der Waals surface area contributed by atoms with Crippen LogP contribution in [0.2, 0.25) is 0 Å². The molecule has 0 unspecified atom stereocenters. The molecule has 21 heavy (non-hydrogen) atoms. The third-order valence-electron chi connectivity index (χ3n) is 3.10. The number of nitriles is 1. The number of hydrogen-bond acceptors (Lipinski definition) is 4. The molecule has 0 atom stereocenters. The first-order valence-corrected chi connectivity index (χ1v) is 6.52. The number of hydrogen-bond donors (Lipinski definition) is 0. The van der Waals surface area contributed by atoms with Crippen LogP contribution in [-0.2, 0) is 6.61 Å². The van der Waals surface area contributed by atoms with Gasteiger partial charge in [0.15, 0.2) is 11.5 Å². The summed E-state index contributed by atoms with van der Waals surface area (Å²) < 4.78 is 16.2. The quantitative estimate of drug-likeness (QED) is 0.843. The third kappa shape index (κ3) is 3.46. The topological polar surface area (TPSA) is 51.5 Å². The average Bonchev–Trinajstić information content (AvgIpc) is 2.53. The fraction of sp³-hybridized carbons (Fsp3) is 0.235. The number of ether oxygens (including phenoxy) is 3. The van der Waals surface area contributed by atoms with Gasteiger partial charge >= 0.3 is 0 Å². The normalized spacial score (nSPS) is 9.81. The highest BCUT2D eigenvalue weighted by Crippen LogP contribution is 2.29. The molecular formula is C17H17NO3. The number of methoxy groups -OCH3 is 2. The Morgan fingerprint density at radius 3 is 2.33 bits per heavy atom. The number of rotatable bonds is 5. The molecule has 0 radical (unpaired) electrons. The van der Waals surface area contributed by atoms with E-state index in [1.807, 2.05) is 31.2 Å². The van der Waals surface area contributed by atoms with Crippen molar-refractivity contribution in [3.63, 3.8) is 0 Å². The fourth-order valence-corrected chi connectivity index (χ4v) is 1.99. The summed E-state index contributed by atoms with van der Waals surface area (Å²) in [7, 11) is 3.16. The minimum atomic E-state index is 0.359. The summed E-state index contributed by atoms with van der Waals surface area (Å²) in [5.41, 5.74) is 2.50. The molecule has 0 amide bonds. The van der Waals surface area contributed by atoms with Crippen molar-refractivity contribution < 1.29 is 14.2 Å². The van der Waals surface area contributed by atoms with Crippen LogP contribution in [0.1, 0.15) is 16.7 Å². The second-order valence-corrected chi connectivity index (χ2v) is 4.59. The van der Waals surface area contributed by atoms with E-state index in [2.05, 4.69) is 6.07 Å². The molecule has 0 spiro atoms. The summed E-state index contributed by atoms with van der Waals surface area (Å²) in [5, 5.41) is 9.08. The minimum Gasteiger partial charge on any atom is -0.495 e. The Morgan fingerprint density at radius 2 is 1.67 bits per heavy atom.